The molecule has 1 saturated heterocycles. The number of anilines is 1. The van der Waals surface area contributed by atoms with Gasteiger partial charge in [-0.05, 0) is 98.9 Å². The predicted molar refractivity (Wildman–Crippen MR) is 119 cm³/mol. The molecule has 0 spiro atoms. The third-order valence-corrected chi connectivity index (χ3v) is 6.42. The average Bonchev–Trinajstić information content (AvgIpc) is 3.28. The van der Waals surface area contributed by atoms with Gasteiger partial charge < -0.3 is 20.1 Å². The average molecular weight is 413 g/mol. The smallest absolute Gasteiger partial charge is 0.161 e. The second-order valence-corrected chi connectivity index (χ2v) is 8.61. The Hall–Kier alpha value is -2.27. The van der Waals surface area contributed by atoms with Crippen molar-refractivity contribution in [2.24, 2.45) is 5.92 Å². The Morgan fingerprint density at radius 3 is 2.60 bits per heavy atom. The Labute approximate surface area is 179 Å². The minimum absolute atomic E-state index is 0.198. The Balaban J connectivity index is 1.34. The summed E-state index contributed by atoms with van der Waals surface area (Å²) in [6.07, 6.45) is 7.36. The number of nitrogens with one attached hydrogen (secondary N) is 2. The molecule has 0 aromatic heterocycles. The van der Waals surface area contributed by atoms with Gasteiger partial charge in [0.1, 0.15) is 5.82 Å². The van der Waals surface area contributed by atoms with Crippen molar-refractivity contribution in [2.75, 3.05) is 32.1 Å². The zero-order valence-electron chi connectivity index (χ0n) is 17.8. The lowest BCUT2D eigenvalue weighted by Gasteiger charge is -2.31. The van der Waals surface area contributed by atoms with Crippen molar-refractivity contribution in [1.29, 1.82) is 0 Å². The minimum atomic E-state index is -0.198. The van der Waals surface area contributed by atoms with E-state index in [4.69, 9.17) is 9.47 Å². The monoisotopic (exact) mass is 412 g/mol. The fraction of sp³-hybridized carbons (Fsp3) is 0.520. The summed E-state index contributed by atoms with van der Waals surface area (Å²) in [5, 5.41) is 7.02. The lowest BCUT2D eigenvalue weighted by Crippen LogP contribution is -2.36. The lowest BCUT2D eigenvalue weighted by molar-refractivity contribution is 0.200. The highest BCUT2D eigenvalue weighted by Gasteiger charge is 2.25. The normalized spacial score (nSPS) is 22.1. The molecule has 2 aromatic carbocycles. The van der Waals surface area contributed by atoms with Gasteiger partial charge >= 0.3 is 0 Å². The molecular formula is C25H33FN2O2. The molecule has 2 fully saturated rings. The second kappa shape index (κ2) is 10.2. The summed E-state index contributed by atoms with van der Waals surface area (Å²) < 4.78 is 24.9. The third-order valence-electron chi connectivity index (χ3n) is 6.42. The molecule has 4 rings (SSSR count). The van der Waals surface area contributed by atoms with E-state index in [0.29, 0.717) is 17.9 Å². The highest BCUT2D eigenvalue weighted by Crippen LogP contribution is 2.36. The Bertz CT molecular complexity index is 805. The van der Waals surface area contributed by atoms with Gasteiger partial charge in [0.25, 0.3) is 0 Å². The molecular weight excluding hydrogens is 379 g/mol. The van der Waals surface area contributed by atoms with Crippen molar-refractivity contribution in [3.63, 3.8) is 0 Å². The van der Waals surface area contributed by atoms with Crippen molar-refractivity contribution in [3.05, 3.63) is 53.8 Å². The van der Waals surface area contributed by atoms with E-state index in [2.05, 4.69) is 28.8 Å². The van der Waals surface area contributed by atoms with Gasteiger partial charge in [-0.1, -0.05) is 6.07 Å². The maximum absolute atomic E-state index is 13.0. The van der Waals surface area contributed by atoms with Gasteiger partial charge in [-0.15, -0.1) is 0 Å². The zero-order chi connectivity index (χ0) is 20.8. The molecule has 30 heavy (non-hydrogen) atoms. The summed E-state index contributed by atoms with van der Waals surface area (Å²) in [7, 11) is 1.71. The number of hydrogen-bond donors (Lipinski definition) is 2. The van der Waals surface area contributed by atoms with Crippen LogP contribution in [0.25, 0.3) is 0 Å². The fourth-order valence-electron chi connectivity index (χ4n) is 4.72. The van der Waals surface area contributed by atoms with E-state index in [0.717, 1.165) is 62.5 Å². The summed E-state index contributed by atoms with van der Waals surface area (Å²) in [5.41, 5.74) is 2.30. The largest absolute Gasteiger partial charge is 0.493 e. The number of piperidine rings is 1. The van der Waals surface area contributed by atoms with Crippen LogP contribution in [0.3, 0.4) is 0 Å². The summed E-state index contributed by atoms with van der Waals surface area (Å²) in [6, 6.07) is 13.0. The van der Waals surface area contributed by atoms with Gasteiger partial charge in [-0.25, -0.2) is 4.39 Å². The number of halogens is 1. The van der Waals surface area contributed by atoms with E-state index in [-0.39, 0.29) is 5.82 Å². The molecule has 4 nitrogen and oxygen atoms in total. The Kier molecular flexibility index (Phi) is 7.11. The van der Waals surface area contributed by atoms with E-state index in [1.165, 1.54) is 30.5 Å². The van der Waals surface area contributed by atoms with E-state index in [1.54, 1.807) is 19.2 Å². The van der Waals surface area contributed by atoms with Crippen LogP contribution in [-0.4, -0.2) is 32.8 Å². The SMILES string of the molecule is COc1ccc([C@H]2CNC[C@H](CCNc3ccc(F)cc3)C2)cc1OC1CCCC1. The Morgan fingerprint density at radius 1 is 1.03 bits per heavy atom. The van der Waals surface area contributed by atoms with Crippen molar-refractivity contribution in [3.8, 4) is 11.5 Å². The van der Waals surface area contributed by atoms with Crippen molar-refractivity contribution < 1.29 is 13.9 Å². The van der Waals surface area contributed by atoms with Crippen molar-refractivity contribution in [1.82, 2.24) is 5.32 Å². The number of rotatable bonds is 8. The van der Waals surface area contributed by atoms with Gasteiger partial charge in [0.15, 0.2) is 11.5 Å². The maximum atomic E-state index is 13.0. The zero-order valence-corrected chi connectivity index (χ0v) is 17.8. The third kappa shape index (κ3) is 5.45. The quantitative estimate of drug-likeness (QED) is 0.613. The molecule has 1 aliphatic carbocycles. The van der Waals surface area contributed by atoms with Crippen LogP contribution in [-0.2, 0) is 0 Å². The van der Waals surface area contributed by atoms with Gasteiger partial charge in [0.05, 0.1) is 13.2 Å². The van der Waals surface area contributed by atoms with Crippen LogP contribution in [0.2, 0.25) is 0 Å². The summed E-state index contributed by atoms with van der Waals surface area (Å²) in [5.74, 6) is 2.61. The maximum Gasteiger partial charge on any atom is 0.161 e. The molecule has 1 saturated carbocycles. The molecule has 0 unspecified atom stereocenters. The second-order valence-electron chi connectivity index (χ2n) is 8.61. The van der Waals surface area contributed by atoms with Gasteiger partial charge in [-0.3, -0.25) is 0 Å². The van der Waals surface area contributed by atoms with Crippen molar-refractivity contribution >= 4 is 5.69 Å². The van der Waals surface area contributed by atoms with E-state index >= 15 is 0 Å². The molecule has 2 N–H and O–H groups in total. The molecule has 0 bridgehead atoms. The van der Waals surface area contributed by atoms with E-state index in [1.807, 2.05) is 0 Å². The minimum Gasteiger partial charge on any atom is -0.493 e. The molecule has 1 aliphatic heterocycles. The number of benzene rings is 2. The summed E-state index contributed by atoms with van der Waals surface area (Å²) >= 11 is 0. The summed E-state index contributed by atoms with van der Waals surface area (Å²) in [6.45, 7) is 2.93. The molecule has 2 atom stereocenters. The van der Waals surface area contributed by atoms with E-state index < -0.39 is 0 Å². The summed E-state index contributed by atoms with van der Waals surface area (Å²) in [4.78, 5) is 0. The topological polar surface area (TPSA) is 42.5 Å². The highest BCUT2D eigenvalue weighted by molar-refractivity contribution is 5.44. The number of methoxy groups -OCH3 is 1. The van der Waals surface area contributed by atoms with Crippen LogP contribution >= 0.6 is 0 Å². The van der Waals surface area contributed by atoms with Crippen LogP contribution in [0.4, 0.5) is 10.1 Å². The van der Waals surface area contributed by atoms with Crippen LogP contribution in [0, 0.1) is 11.7 Å². The molecule has 2 aromatic rings. The molecule has 0 amide bonds. The fourth-order valence-corrected chi connectivity index (χ4v) is 4.72. The lowest BCUT2D eigenvalue weighted by atomic mass is 9.84. The predicted octanol–water partition coefficient (Wildman–Crippen LogP) is 5.35. The first-order valence-electron chi connectivity index (χ1n) is 11.3. The highest BCUT2D eigenvalue weighted by atomic mass is 19.1. The Morgan fingerprint density at radius 2 is 1.83 bits per heavy atom. The van der Waals surface area contributed by atoms with Crippen LogP contribution < -0.4 is 20.1 Å². The van der Waals surface area contributed by atoms with Crippen LogP contribution in [0.15, 0.2) is 42.5 Å². The first-order valence-corrected chi connectivity index (χ1v) is 11.3. The number of hydrogen-bond acceptors (Lipinski definition) is 4. The van der Waals surface area contributed by atoms with Gasteiger partial charge in [0.2, 0.25) is 0 Å². The first-order chi connectivity index (χ1) is 14.7. The molecule has 5 heteroatoms. The van der Waals surface area contributed by atoms with Crippen LogP contribution in [0.5, 0.6) is 11.5 Å². The van der Waals surface area contributed by atoms with E-state index in [9.17, 15) is 4.39 Å². The number of ether oxygens (including phenoxy) is 2. The van der Waals surface area contributed by atoms with Gasteiger partial charge in [0, 0.05) is 18.8 Å². The molecule has 0 radical (unpaired) electrons. The first kappa shape index (κ1) is 21.0. The van der Waals surface area contributed by atoms with Crippen molar-refractivity contribution in [2.45, 2.75) is 50.5 Å². The van der Waals surface area contributed by atoms with Gasteiger partial charge in [-0.2, -0.15) is 0 Å². The molecule has 162 valence electrons. The standard InChI is InChI=1S/C25H33FN2O2/c1-29-24-11-6-19(15-25(24)30-23-4-2-3-5-23)20-14-18(16-27-17-20)12-13-28-22-9-7-21(26)8-10-22/h6-11,15,18,20,23,27-28H,2-5,12-14,16-17H2,1H3/t18-,20-/m1/s1. The molecule has 2 aliphatic rings. The molecule has 1 heterocycles. The van der Waals surface area contributed by atoms with Crippen LogP contribution in [0.1, 0.15) is 50.0 Å².